The van der Waals surface area contributed by atoms with E-state index in [1.165, 1.54) is 18.0 Å². The van der Waals surface area contributed by atoms with Gasteiger partial charge in [-0.3, -0.25) is 9.69 Å². The Bertz CT molecular complexity index is 1100. The highest BCUT2D eigenvalue weighted by molar-refractivity contribution is 7.81. The van der Waals surface area contributed by atoms with E-state index in [2.05, 4.69) is 34.2 Å². The standard InChI is InChI=1S/C15H17F2N3O2S.C11H12O/c1-20-13(21)12(23)11(19-15(20)18)8-4-5-10(22-14(16)17)9(6-8)7-2-3-7;1-12-10-6-5-9-11-7-3-2-4-8-11/h4-7,11-12,14,23H,2-3H2,1H3,(H2,18,19);2-4,7-8H,6,10H2,1H3. The molecule has 0 saturated heterocycles. The molecule has 2 aromatic rings. The Labute approximate surface area is 209 Å². The number of thiol groups is 1. The molecule has 0 aromatic heterocycles. The molecule has 2 aliphatic rings. The number of nitrogens with zero attached hydrogens (tertiary/aromatic N) is 2. The van der Waals surface area contributed by atoms with Crippen LogP contribution >= 0.6 is 12.6 Å². The van der Waals surface area contributed by atoms with Gasteiger partial charge in [0.2, 0.25) is 5.91 Å². The van der Waals surface area contributed by atoms with E-state index in [-0.39, 0.29) is 23.5 Å². The zero-order valence-corrected chi connectivity index (χ0v) is 20.6. The first-order chi connectivity index (χ1) is 16.8. The van der Waals surface area contributed by atoms with E-state index < -0.39 is 17.9 Å². The maximum atomic E-state index is 12.5. The van der Waals surface area contributed by atoms with Crippen LogP contribution in [-0.4, -0.2) is 49.4 Å². The molecule has 1 aliphatic carbocycles. The molecular weight excluding hydrogens is 472 g/mol. The maximum absolute atomic E-state index is 12.5. The zero-order chi connectivity index (χ0) is 25.4. The molecule has 1 heterocycles. The number of carbonyl (C=O) groups excluding carboxylic acids is 1. The number of hydrogen-bond donors (Lipinski definition) is 2. The molecule has 1 saturated carbocycles. The molecule has 0 spiro atoms. The van der Waals surface area contributed by atoms with Gasteiger partial charge < -0.3 is 15.2 Å². The summed E-state index contributed by atoms with van der Waals surface area (Å²) in [5, 5.41) is -0.666. The van der Waals surface area contributed by atoms with Gasteiger partial charge in [-0.2, -0.15) is 21.4 Å². The molecule has 35 heavy (non-hydrogen) atoms. The first kappa shape index (κ1) is 26.5. The first-order valence-corrected chi connectivity index (χ1v) is 11.7. The van der Waals surface area contributed by atoms with Gasteiger partial charge in [0.1, 0.15) is 11.0 Å². The van der Waals surface area contributed by atoms with Crippen LogP contribution in [0.3, 0.4) is 0 Å². The maximum Gasteiger partial charge on any atom is 0.387 e. The number of halogens is 2. The van der Waals surface area contributed by atoms with E-state index in [9.17, 15) is 13.6 Å². The third-order valence-electron chi connectivity index (χ3n) is 5.54. The Balaban J connectivity index is 0.000000241. The summed E-state index contributed by atoms with van der Waals surface area (Å²) in [4.78, 5) is 17.7. The average molecular weight is 502 g/mol. The number of alkyl halides is 2. The summed E-state index contributed by atoms with van der Waals surface area (Å²) >= 11 is 4.34. The van der Waals surface area contributed by atoms with Crippen LogP contribution in [0.15, 0.2) is 53.5 Å². The summed E-state index contributed by atoms with van der Waals surface area (Å²) in [6, 6.07) is 14.3. The molecule has 2 atom stereocenters. The fourth-order valence-electron chi connectivity index (χ4n) is 3.51. The minimum Gasteiger partial charge on any atom is -0.435 e. The number of hydrogen-bond acceptors (Lipinski definition) is 6. The average Bonchev–Trinajstić information content (AvgIpc) is 3.69. The van der Waals surface area contributed by atoms with Gasteiger partial charge in [0.25, 0.3) is 0 Å². The first-order valence-electron chi connectivity index (χ1n) is 11.2. The molecule has 1 fully saturated rings. The van der Waals surface area contributed by atoms with Crippen molar-refractivity contribution in [2.45, 2.75) is 43.1 Å². The molecule has 0 radical (unpaired) electrons. The minimum atomic E-state index is -2.87. The smallest absolute Gasteiger partial charge is 0.387 e. The SMILES string of the molecule is CN1C(=O)C(S)C(c2ccc(OC(F)F)c(C3CC3)c2)N=C1N.COCCC#Cc1ccccc1. The van der Waals surface area contributed by atoms with Gasteiger partial charge in [-0.1, -0.05) is 36.1 Å². The molecule has 6 nitrogen and oxygen atoms in total. The van der Waals surface area contributed by atoms with E-state index in [0.717, 1.165) is 36.0 Å². The molecule has 186 valence electrons. The number of nitrogens with two attached hydrogens (primary N) is 1. The van der Waals surface area contributed by atoms with Crippen LogP contribution < -0.4 is 10.5 Å². The number of rotatable bonds is 6. The van der Waals surface area contributed by atoms with E-state index in [4.69, 9.17) is 10.5 Å². The third-order valence-corrected chi connectivity index (χ3v) is 6.05. The van der Waals surface area contributed by atoms with Crippen molar-refractivity contribution in [1.29, 1.82) is 0 Å². The predicted octanol–water partition coefficient (Wildman–Crippen LogP) is 4.37. The Morgan fingerprint density at radius 3 is 2.57 bits per heavy atom. The van der Waals surface area contributed by atoms with E-state index in [0.29, 0.717) is 6.61 Å². The Kier molecular flexibility index (Phi) is 9.52. The second-order valence-corrected chi connectivity index (χ2v) is 8.69. The van der Waals surface area contributed by atoms with Gasteiger partial charge in [-0.25, -0.2) is 4.99 Å². The molecule has 1 amide bonds. The Morgan fingerprint density at radius 1 is 1.23 bits per heavy atom. The number of amides is 1. The second-order valence-electron chi connectivity index (χ2n) is 8.13. The highest BCUT2D eigenvalue weighted by atomic mass is 32.1. The minimum absolute atomic E-state index is 0.117. The molecular formula is C26H29F2N3O3S. The lowest BCUT2D eigenvalue weighted by Gasteiger charge is -2.30. The van der Waals surface area contributed by atoms with Gasteiger partial charge in [0.15, 0.2) is 5.96 Å². The van der Waals surface area contributed by atoms with Gasteiger partial charge in [0.05, 0.1) is 12.6 Å². The second kappa shape index (κ2) is 12.6. The molecule has 2 aromatic carbocycles. The molecule has 9 heteroatoms. The van der Waals surface area contributed by atoms with Gasteiger partial charge >= 0.3 is 6.61 Å². The van der Waals surface area contributed by atoms with Gasteiger partial charge in [0, 0.05) is 26.1 Å². The quantitative estimate of drug-likeness (QED) is 0.350. The van der Waals surface area contributed by atoms with Crippen molar-refractivity contribution in [3.63, 3.8) is 0 Å². The zero-order valence-electron chi connectivity index (χ0n) is 19.7. The lowest BCUT2D eigenvalue weighted by atomic mass is 9.97. The lowest BCUT2D eigenvalue weighted by Crippen LogP contribution is -2.48. The van der Waals surface area contributed by atoms with Crippen LogP contribution in [0.4, 0.5) is 8.78 Å². The summed E-state index contributed by atoms with van der Waals surface area (Å²) in [6.45, 7) is -2.16. The number of aliphatic imine (C=N–C) groups is 1. The van der Waals surface area contributed by atoms with Crippen LogP contribution in [0, 0.1) is 11.8 Å². The predicted molar refractivity (Wildman–Crippen MR) is 135 cm³/mol. The largest absolute Gasteiger partial charge is 0.435 e. The normalized spacial score (nSPS) is 19.3. The number of guanidine groups is 1. The van der Waals surface area contributed by atoms with Crippen molar-refractivity contribution in [3.8, 4) is 17.6 Å². The molecule has 2 N–H and O–H groups in total. The van der Waals surface area contributed by atoms with E-state index in [1.807, 2.05) is 30.3 Å². The highest BCUT2D eigenvalue weighted by Crippen LogP contribution is 2.46. The molecule has 2 unspecified atom stereocenters. The molecule has 1 aliphatic heterocycles. The fourth-order valence-corrected chi connectivity index (χ4v) is 3.92. The van der Waals surface area contributed by atoms with Crippen molar-refractivity contribution in [2.24, 2.45) is 10.7 Å². The van der Waals surface area contributed by atoms with E-state index >= 15 is 0 Å². The lowest BCUT2D eigenvalue weighted by molar-refractivity contribution is -0.126. The summed E-state index contributed by atoms with van der Waals surface area (Å²) < 4.78 is 34.5. The van der Waals surface area contributed by atoms with E-state index in [1.54, 1.807) is 19.2 Å². The summed E-state index contributed by atoms with van der Waals surface area (Å²) in [5.41, 5.74) is 8.27. The number of ether oxygens (including phenoxy) is 2. The fraction of sp³-hybridized carbons (Fsp3) is 0.385. The topological polar surface area (TPSA) is 77.2 Å². The van der Waals surface area contributed by atoms with Crippen LogP contribution in [-0.2, 0) is 9.53 Å². The van der Waals surface area contributed by atoms with Crippen molar-refractivity contribution >= 4 is 24.5 Å². The Hall–Kier alpha value is -3.09. The van der Waals surface area contributed by atoms with Crippen LogP contribution in [0.2, 0.25) is 0 Å². The van der Waals surface area contributed by atoms with Gasteiger partial charge in [-0.05, 0) is 54.2 Å². The van der Waals surface area contributed by atoms with Gasteiger partial charge in [-0.15, -0.1) is 0 Å². The molecule has 0 bridgehead atoms. The van der Waals surface area contributed by atoms with Crippen molar-refractivity contribution in [2.75, 3.05) is 20.8 Å². The summed E-state index contributed by atoms with van der Waals surface area (Å²) in [6.07, 6.45) is 2.67. The van der Waals surface area contributed by atoms with Crippen LogP contribution in [0.1, 0.15) is 47.9 Å². The third kappa shape index (κ3) is 7.44. The summed E-state index contributed by atoms with van der Waals surface area (Å²) in [5.74, 6) is 6.34. The monoisotopic (exact) mass is 501 g/mol. The number of carbonyl (C=O) groups is 1. The van der Waals surface area contributed by atoms with Crippen LogP contribution in [0.5, 0.6) is 5.75 Å². The molecule has 4 rings (SSSR count). The van der Waals surface area contributed by atoms with Crippen molar-refractivity contribution < 1.29 is 23.0 Å². The number of methoxy groups -OCH3 is 1. The van der Waals surface area contributed by atoms with Crippen LogP contribution in [0.25, 0.3) is 0 Å². The van der Waals surface area contributed by atoms with Crippen molar-refractivity contribution in [3.05, 3.63) is 65.2 Å². The van der Waals surface area contributed by atoms with Crippen molar-refractivity contribution in [1.82, 2.24) is 4.90 Å². The Morgan fingerprint density at radius 2 is 1.94 bits per heavy atom. The number of benzene rings is 2. The highest BCUT2D eigenvalue weighted by Gasteiger charge is 2.36. The summed E-state index contributed by atoms with van der Waals surface area (Å²) in [7, 11) is 3.22.